The molecule has 0 aliphatic carbocycles. The molecule has 2 fully saturated rings. The van der Waals surface area contributed by atoms with Crippen LogP contribution in [0.2, 0.25) is 0 Å². The topological polar surface area (TPSA) is 83.2 Å². The number of aliphatic imine (C=N–C) groups is 1. The van der Waals surface area contributed by atoms with Crippen LogP contribution in [-0.2, 0) is 9.53 Å². The zero-order chi connectivity index (χ0) is 18.9. The zero-order valence-corrected chi connectivity index (χ0v) is 16.7. The molecule has 0 radical (unpaired) electrons. The second kappa shape index (κ2) is 10.7. The van der Waals surface area contributed by atoms with Gasteiger partial charge in [0.25, 0.3) is 0 Å². The maximum Gasteiger partial charge on any atom is 0.217 e. The van der Waals surface area contributed by atoms with Crippen molar-refractivity contribution in [2.75, 3.05) is 52.5 Å². The summed E-state index contributed by atoms with van der Waals surface area (Å²) in [4.78, 5) is 21.1. The minimum atomic E-state index is -0.203. The summed E-state index contributed by atoms with van der Waals surface area (Å²) in [5.41, 5.74) is 5.40. The van der Waals surface area contributed by atoms with Crippen molar-refractivity contribution in [3.8, 4) is 0 Å². The Morgan fingerprint density at radius 2 is 2.04 bits per heavy atom. The number of morpholine rings is 1. The molecule has 0 aromatic carbocycles. The third-order valence-electron chi connectivity index (χ3n) is 5.36. The van der Waals surface area contributed by atoms with Crippen LogP contribution < -0.4 is 11.1 Å². The molecule has 0 spiro atoms. The highest BCUT2D eigenvalue weighted by Crippen LogP contribution is 2.20. The van der Waals surface area contributed by atoms with Gasteiger partial charge in [0.15, 0.2) is 5.96 Å². The number of nitrogens with two attached hydrogens (primary N) is 1. The van der Waals surface area contributed by atoms with E-state index in [0.29, 0.717) is 24.3 Å². The molecule has 3 N–H and O–H groups in total. The summed E-state index contributed by atoms with van der Waals surface area (Å²) < 4.78 is 5.50. The van der Waals surface area contributed by atoms with E-state index in [1.807, 2.05) is 0 Å². The van der Waals surface area contributed by atoms with Gasteiger partial charge in [0.1, 0.15) is 0 Å². The molecule has 150 valence electrons. The summed E-state index contributed by atoms with van der Waals surface area (Å²) in [6.45, 7) is 13.7. The van der Waals surface area contributed by atoms with Gasteiger partial charge in [-0.05, 0) is 31.6 Å². The third kappa shape index (κ3) is 6.43. The van der Waals surface area contributed by atoms with Crippen LogP contribution in [0.15, 0.2) is 4.99 Å². The smallest absolute Gasteiger partial charge is 0.217 e. The second-order valence-electron chi connectivity index (χ2n) is 7.78. The maximum atomic E-state index is 11.3. The summed E-state index contributed by atoms with van der Waals surface area (Å²) in [6, 6.07) is 0.429. The first-order chi connectivity index (χ1) is 12.5. The molecule has 2 aliphatic heterocycles. The van der Waals surface area contributed by atoms with Crippen LogP contribution in [0.3, 0.4) is 0 Å². The van der Waals surface area contributed by atoms with E-state index in [2.05, 4.69) is 35.9 Å². The van der Waals surface area contributed by atoms with E-state index in [1.54, 1.807) is 0 Å². The molecule has 0 bridgehead atoms. The van der Waals surface area contributed by atoms with Crippen molar-refractivity contribution in [2.24, 2.45) is 22.6 Å². The molecule has 2 rings (SSSR count). The average molecular weight is 368 g/mol. The van der Waals surface area contributed by atoms with Gasteiger partial charge >= 0.3 is 0 Å². The highest BCUT2D eigenvalue weighted by Gasteiger charge is 2.26. The molecule has 0 aromatic heterocycles. The summed E-state index contributed by atoms with van der Waals surface area (Å²) in [6.07, 6.45) is 2.62. The number of carbonyl (C=O) groups is 1. The Morgan fingerprint density at radius 1 is 1.31 bits per heavy atom. The van der Waals surface area contributed by atoms with Crippen molar-refractivity contribution < 1.29 is 9.53 Å². The first-order valence-electron chi connectivity index (χ1n) is 10.1. The van der Waals surface area contributed by atoms with Crippen LogP contribution in [-0.4, -0.2) is 80.2 Å². The van der Waals surface area contributed by atoms with E-state index in [0.717, 1.165) is 71.3 Å². The molecule has 2 atom stereocenters. The number of primary amides is 1. The van der Waals surface area contributed by atoms with Crippen molar-refractivity contribution in [3.63, 3.8) is 0 Å². The summed E-state index contributed by atoms with van der Waals surface area (Å²) in [7, 11) is 0. The lowest BCUT2D eigenvalue weighted by Crippen LogP contribution is -2.50. The Balaban J connectivity index is 2.02. The van der Waals surface area contributed by atoms with Crippen LogP contribution in [0.1, 0.15) is 40.0 Å². The largest absolute Gasteiger partial charge is 0.379 e. The van der Waals surface area contributed by atoms with E-state index in [9.17, 15) is 4.79 Å². The lowest BCUT2D eigenvalue weighted by molar-refractivity contribution is -0.119. The number of nitrogens with one attached hydrogen (secondary N) is 1. The first kappa shape index (κ1) is 21.0. The number of nitrogens with zero attached hydrogens (tertiary/aromatic N) is 3. The van der Waals surface area contributed by atoms with Crippen LogP contribution in [0.5, 0.6) is 0 Å². The van der Waals surface area contributed by atoms with Crippen molar-refractivity contribution in [2.45, 2.75) is 46.1 Å². The fourth-order valence-corrected chi connectivity index (χ4v) is 3.97. The molecule has 2 heterocycles. The van der Waals surface area contributed by atoms with Gasteiger partial charge in [-0.1, -0.05) is 13.8 Å². The third-order valence-corrected chi connectivity index (χ3v) is 5.36. The van der Waals surface area contributed by atoms with Crippen LogP contribution in [0, 0.1) is 11.8 Å². The molecule has 26 heavy (non-hydrogen) atoms. The molecule has 2 unspecified atom stereocenters. The molecule has 2 aliphatic rings. The Labute approximate surface area is 158 Å². The maximum absolute atomic E-state index is 11.3. The molecule has 7 nitrogen and oxygen atoms in total. The lowest BCUT2D eigenvalue weighted by atomic mass is 9.95. The number of piperidine rings is 1. The van der Waals surface area contributed by atoms with Gasteiger partial charge in [-0.25, -0.2) is 0 Å². The molecule has 1 amide bonds. The standard InChI is InChI=1S/C19H37N5O2/c1-4-21-19(24-7-5-6-16(14-24)12-18(20)25)22-13-17(15(2)3)23-8-10-26-11-9-23/h15-17H,4-14H2,1-3H3,(H2,20,25)(H,21,22). The Kier molecular flexibility index (Phi) is 8.65. The minimum absolute atomic E-state index is 0.203. The molecular formula is C19H37N5O2. The number of amides is 1. The van der Waals surface area contributed by atoms with E-state index < -0.39 is 0 Å². The van der Waals surface area contributed by atoms with Gasteiger partial charge in [0.05, 0.1) is 19.8 Å². The van der Waals surface area contributed by atoms with Crippen molar-refractivity contribution in [1.82, 2.24) is 15.1 Å². The number of likely N-dealkylation sites (tertiary alicyclic amines) is 1. The monoisotopic (exact) mass is 367 g/mol. The first-order valence-corrected chi connectivity index (χ1v) is 10.1. The summed E-state index contributed by atoms with van der Waals surface area (Å²) >= 11 is 0. The Hall–Kier alpha value is -1.34. The molecule has 0 saturated carbocycles. The number of carbonyl (C=O) groups excluding carboxylic acids is 1. The number of hydrogen-bond donors (Lipinski definition) is 2. The normalized spacial score (nSPS) is 23.9. The van der Waals surface area contributed by atoms with Gasteiger partial charge in [0, 0.05) is 45.2 Å². The zero-order valence-electron chi connectivity index (χ0n) is 16.7. The number of hydrogen-bond acceptors (Lipinski definition) is 4. The highest BCUT2D eigenvalue weighted by molar-refractivity contribution is 5.80. The number of guanidine groups is 1. The van der Waals surface area contributed by atoms with E-state index >= 15 is 0 Å². The fraction of sp³-hybridized carbons (Fsp3) is 0.895. The van der Waals surface area contributed by atoms with Crippen molar-refractivity contribution >= 4 is 11.9 Å². The Morgan fingerprint density at radius 3 is 2.65 bits per heavy atom. The number of rotatable bonds is 7. The van der Waals surface area contributed by atoms with Gasteiger partial charge in [-0.15, -0.1) is 0 Å². The lowest BCUT2D eigenvalue weighted by Gasteiger charge is -2.37. The summed E-state index contributed by atoms with van der Waals surface area (Å²) in [5, 5.41) is 3.44. The SMILES string of the molecule is CCNC(=NCC(C(C)C)N1CCOCC1)N1CCCC(CC(N)=O)C1. The van der Waals surface area contributed by atoms with Crippen LogP contribution >= 0.6 is 0 Å². The molecule has 7 heteroatoms. The minimum Gasteiger partial charge on any atom is -0.379 e. The van der Waals surface area contributed by atoms with E-state index in [-0.39, 0.29) is 5.91 Å². The van der Waals surface area contributed by atoms with Crippen LogP contribution in [0.4, 0.5) is 0 Å². The van der Waals surface area contributed by atoms with Crippen molar-refractivity contribution in [1.29, 1.82) is 0 Å². The Bertz CT molecular complexity index is 463. The van der Waals surface area contributed by atoms with Gasteiger partial charge < -0.3 is 20.7 Å². The van der Waals surface area contributed by atoms with E-state index in [4.69, 9.17) is 15.5 Å². The van der Waals surface area contributed by atoms with E-state index in [1.165, 1.54) is 0 Å². The van der Waals surface area contributed by atoms with Gasteiger partial charge in [0.2, 0.25) is 5.91 Å². The van der Waals surface area contributed by atoms with Gasteiger partial charge in [-0.2, -0.15) is 0 Å². The quantitative estimate of drug-likeness (QED) is 0.516. The average Bonchev–Trinajstić information content (AvgIpc) is 2.61. The fourth-order valence-electron chi connectivity index (χ4n) is 3.97. The highest BCUT2D eigenvalue weighted by atomic mass is 16.5. The second-order valence-corrected chi connectivity index (χ2v) is 7.78. The molecule has 2 saturated heterocycles. The molecule has 0 aromatic rings. The van der Waals surface area contributed by atoms with Crippen LogP contribution in [0.25, 0.3) is 0 Å². The van der Waals surface area contributed by atoms with Crippen molar-refractivity contribution in [3.05, 3.63) is 0 Å². The van der Waals surface area contributed by atoms with Gasteiger partial charge in [-0.3, -0.25) is 14.7 Å². The predicted octanol–water partition coefficient (Wildman–Crippen LogP) is 0.896. The predicted molar refractivity (Wildman–Crippen MR) is 105 cm³/mol. The number of ether oxygens (including phenoxy) is 1. The summed E-state index contributed by atoms with van der Waals surface area (Å²) in [5.74, 6) is 1.65. The molecular weight excluding hydrogens is 330 g/mol.